The Bertz CT molecular complexity index is 256. The van der Waals surface area contributed by atoms with Gasteiger partial charge in [-0.3, -0.25) is 0 Å². The molecule has 0 bridgehead atoms. The molecule has 0 heterocycles. The molecule has 1 unspecified atom stereocenters. The van der Waals surface area contributed by atoms with E-state index in [0.717, 1.165) is 6.42 Å². The van der Waals surface area contributed by atoms with Crippen LogP contribution in [0.2, 0.25) is 0 Å². The van der Waals surface area contributed by atoms with Gasteiger partial charge in [-0.2, -0.15) is 0 Å². The maximum absolute atomic E-state index is 5.55. The zero-order valence-corrected chi connectivity index (χ0v) is 9.18. The van der Waals surface area contributed by atoms with E-state index < -0.39 is 0 Å². The summed E-state index contributed by atoms with van der Waals surface area (Å²) < 4.78 is 0. The minimum Gasteiger partial charge on any atom is -0.119 e. The van der Waals surface area contributed by atoms with E-state index in [4.69, 9.17) is 11.6 Å². The second-order valence-corrected chi connectivity index (χ2v) is 4.26. The van der Waals surface area contributed by atoms with Gasteiger partial charge in [-0.15, -0.1) is 11.8 Å². The van der Waals surface area contributed by atoms with Crippen LogP contribution in [0.3, 0.4) is 0 Å². The lowest BCUT2D eigenvalue weighted by Crippen LogP contribution is -1.93. The van der Waals surface area contributed by atoms with Crippen LogP contribution in [0.25, 0.3) is 0 Å². The van der Waals surface area contributed by atoms with Gasteiger partial charge in [-0.1, -0.05) is 42.8 Å². The Kier molecular flexibility index (Phi) is 5.02. The quantitative estimate of drug-likeness (QED) is 0.671. The molecular weight excluding hydrogens is 200 g/mol. The monoisotopic (exact) mass is 212 g/mol. The van der Waals surface area contributed by atoms with Gasteiger partial charge in [0.15, 0.2) is 0 Å². The van der Waals surface area contributed by atoms with E-state index in [1.54, 1.807) is 5.54 Å². The summed E-state index contributed by atoms with van der Waals surface area (Å²) >= 11 is 7.39. The molecule has 0 amide bonds. The first-order valence-electron chi connectivity index (χ1n) is 4.35. The van der Waals surface area contributed by atoms with Crippen molar-refractivity contribution in [1.29, 1.82) is 0 Å². The first-order chi connectivity index (χ1) is 6.36. The van der Waals surface area contributed by atoms with E-state index in [-0.39, 0.29) is 0 Å². The first kappa shape index (κ1) is 10.7. The molecule has 0 saturated heterocycles. The Morgan fingerprint density at radius 1 is 1.38 bits per heavy atom. The second kappa shape index (κ2) is 6.11. The molecule has 13 heavy (non-hydrogen) atoms. The van der Waals surface area contributed by atoms with E-state index >= 15 is 0 Å². The zero-order chi connectivity index (χ0) is 9.52. The molecule has 0 spiro atoms. The molecule has 0 nitrogen and oxygen atoms in total. The van der Waals surface area contributed by atoms with Gasteiger partial charge in [-0.25, -0.2) is 0 Å². The van der Waals surface area contributed by atoms with Crippen molar-refractivity contribution in [1.82, 2.24) is 0 Å². The van der Waals surface area contributed by atoms with Gasteiger partial charge >= 0.3 is 0 Å². The van der Waals surface area contributed by atoms with Crippen LogP contribution in [0.15, 0.2) is 46.8 Å². The summed E-state index contributed by atoms with van der Waals surface area (Å²) in [5.74, 6) is 0. The van der Waals surface area contributed by atoms with Gasteiger partial charge in [0.1, 0.15) is 0 Å². The third-order valence-corrected chi connectivity index (χ3v) is 3.20. The van der Waals surface area contributed by atoms with Gasteiger partial charge in [0.2, 0.25) is 0 Å². The van der Waals surface area contributed by atoms with Crippen LogP contribution in [0.5, 0.6) is 0 Å². The number of hydrogen-bond donors (Lipinski definition) is 0. The van der Waals surface area contributed by atoms with Crippen molar-refractivity contribution < 1.29 is 0 Å². The second-order valence-electron chi connectivity index (χ2n) is 2.70. The highest BCUT2D eigenvalue weighted by molar-refractivity contribution is 8.00. The highest BCUT2D eigenvalue weighted by atomic mass is 35.5. The topological polar surface area (TPSA) is 0 Å². The molecule has 1 aromatic carbocycles. The number of benzene rings is 1. The van der Waals surface area contributed by atoms with Crippen LogP contribution < -0.4 is 0 Å². The van der Waals surface area contributed by atoms with Crippen LogP contribution in [-0.4, -0.2) is 5.25 Å². The van der Waals surface area contributed by atoms with E-state index in [9.17, 15) is 0 Å². The summed E-state index contributed by atoms with van der Waals surface area (Å²) in [6, 6.07) is 10.4. The Balaban J connectivity index is 2.56. The molecule has 0 radical (unpaired) electrons. The lowest BCUT2D eigenvalue weighted by molar-refractivity contribution is 0.977. The van der Waals surface area contributed by atoms with Gasteiger partial charge in [0.25, 0.3) is 0 Å². The lowest BCUT2D eigenvalue weighted by atomic mass is 10.3. The third-order valence-electron chi connectivity index (χ3n) is 1.72. The molecule has 0 aliphatic rings. The van der Waals surface area contributed by atoms with E-state index in [1.165, 1.54) is 4.90 Å². The largest absolute Gasteiger partial charge is 0.119 e. The maximum atomic E-state index is 5.55. The van der Waals surface area contributed by atoms with E-state index in [2.05, 4.69) is 31.2 Å². The molecule has 0 aromatic heterocycles. The Labute approximate surface area is 89.0 Å². The van der Waals surface area contributed by atoms with Gasteiger partial charge in [-0.05, 0) is 18.6 Å². The number of thioether (sulfide) groups is 1. The Morgan fingerprint density at radius 2 is 2.08 bits per heavy atom. The maximum Gasteiger partial charge on any atom is 0.0283 e. The van der Waals surface area contributed by atoms with Crippen LogP contribution in [-0.2, 0) is 0 Å². The predicted octanol–water partition coefficient (Wildman–Crippen LogP) is 4.31. The summed E-state index contributed by atoms with van der Waals surface area (Å²) in [6.45, 7) is 2.16. The molecule has 2 heteroatoms. The fourth-order valence-corrected chi connectivity index (χ4v) is 2.26. The SMILES string of the molecule is CCC(/C=C/Cl)Sc1ccccc1. The molecule has 0 saturated carbocycles. The average molecular weight is 213 g/mol. The van der Waals surface area contributed by atoms with E-state index in [0.29, 0.717) is 5.25 Å². The smallest absolute Gasteiger partial charge is 0.0283 e. The Morgan fingerprint density at radius 3 is 2.62 bits per heavy atom. The van der Waals surface area contributed by atoms with Crippen molar-refractivity contribution in [2.24, 2.45) is 0 Å². The molecule has 0 aliphatic heterocycles. The molecule has 0 aliphatic carbocycles. The summed E-state index contributed by atoms with van der Waals surface area (Å²) in [6.07, 6.45) is 3.13. The molecule has 1 rings (SSSR count). The summed E-state index contributed by atoms with van der Waals surface area (Å²) in [7, 11) is 0. The van der Waals surface area contributed by atoms with Crippen molar-refractivity contribution in [3.05, 3.63) is 41.9 Å². The zero-order valence-electron chi connectivity index (χ0n) is 7.61. The molecule has 1 atom stereocenters. The van der Waals surface area contributed by atoms with Crippen LogP contribution in [0.4, 0.5) is 0 Å². The average Bonchev–Trinajstić information content (AvgIpc) is 2.19. The molecular formula is C11H13ClS. The fraction of sp³-hybridized carbons (Fsp3) is 0.273. The minimum absolute atomic E-state index is 0.486. The van der Waals surface area contributed by atoms with Crippen LogP contribution >= 0.6 is 23.4 Å². The van der Waals surface area contributed by atoms with Gasteiger partial charge in [0, 0.05) is 15.7 Å². The van der Waals surface area contributed by atoms with E-state index in [1.807, 2.05) is 23.9 Å². The van der Waals surface area contributed by atoms with Crippen molar-refractivity contribution in [2.45, 2.75) is 23.5 Å². The summed E-state index contributed by atoms with van der Waals surface area (Å²) in [5.41, 5.74) is 1.60. The van der Waals surface area contributed by atoms with Crippen molar-refractivity contribution in [2.75, 3.05) is 0 Å². The van der Waals surface area contributed by atoms with Gasteiger partial charge < -0.3 is 0 Å². The summed E-state index contributed by atoms with van der Waals surface area (Å²) in [5, 5.41) is 0.486. The predicted molar refractivity (Wildman–Crippen MR) is 61.4 cm³/mol. The number of hydrogen-bond acceptors (Lipinski definition) is 1. The normalized spacial score (nSPS) is 13.4. The highest BCUT2D eigenvalue weighted by Crippen LogP contribution is 2.25. The van der Waals surface area contributed by atoms with Gasteiger partial charge in [0.05, 0.1) is 0 Å². The lowest BCUT2D eigenvalue weighted by Gasteiger charge is -2.08. The van der Waals surface area contributed by atoms with Crippen LogP contribution in [0, 0.1) is 0 Å². The number of rotatable bonds is 4. The molecule has 70 valence electrons. The third kappa shape index (κ3) is 3.88. The summed E-state index contributed by atoms with van der Waals surface area (Å²) in [4.78, 5) is 1.30. The highest BCUT2D eigenvalue weighted by Gasteiger charge is 2.02. The minimum atomic E-state index is 0.486. The standard InChI is InChI=1S/C11H13ClS/c1-2-10(8-9-12)13-11-6-4-3-5-7-11/h3-10H,2H2,1H3/b9-8+. The Hall–Kier alpha value is -0.400. The van der Waals surface area contributed by atoms with Crippen molar-refractivity contribution >= 4 is 23.4 Å². The van der Waals surface area contributed by atoms with Crippen molar-refractivity contribution in [3.8, 4) is 0 Å². The van der Waals surface area contributed by atoms with Crippen molar-refractivity contribution in [3.63, 3.8) is 0 Å². The molecule has 0 N–H and O–H groups in total. The first-order valence-corrected chi connectivity index (χ1v) is 5.67. The van der Waals surface area contributed by atoms with Crippen LogP contribution in [0.1, 0.15) is 13.3 Å². The molecule has 0 fully saturated rings. The fourth-order valence-electron chi connectivity index (χ4n) is 1.01. The number of halogens is 1. The molecule has 1 aromatic rings.